The van der Waals surface area contributed by atoms with Gasteiger partial charge in [0.05, 0.1) is 5.56 Å². The first-order valence-corrected chi connectivity index (χ1v) is 17.3. The van der Waals surface area contributed by atoms with Crippen LogP contribution in [0.2, 0.25) is 0 Å². The topological polar surface area (TPSA) is 65.0 Å². The Bertz CT molecular complexity index is 3210. The fourth-order valence-corrected chi connectivity index (χ4v) is 7.56. The fourth-order valence-electron chi connectivity index (χ4n) is 7.56. The molecule has 52 heavy (non-hydrogen) atoms. The van der Waals surface area contributed by atoms with Crippen molar-refractivity contribution < 1.29 is 8.83 Å². The fraction of sp³-hybridized carbons (Fsp3) is 0. The van der Waals surface area contributed by atoms with E-state index in [-0.39, 0.29) is 0 Å². The van der Waals surface area contributed by atoms with E-state index in [4.69, 9.17) is 23.8 Å². The van der Waals surface area contributed by atoms with Gasteiger partial charge in [-0.2, -0.15) is 0 Å². The summed E-state index contributed by atoms with van der Waals surface area (Å²) in [6, 6.07) is 56.4. The van der Waals surface area contributed by atoms with Crippen molar-refractivity contribution in [1.82, 2.24) is 15.0 Å². The van der Waals surface area contributed by atoms with E-state index in [9.17, 15) is 0 Å². The molecule has 0 radical (unpaired) electrons. The van der Waals surface area contributed by atoms with Crippen LogP contribution < -0.4 is 0 Å². The van der Waals surface area contributed by atoms with Crippen molar-refractivity contribution in [2.75, 3.05) is 0 Å². The minimum atomic E-state index is 0.537. The lowest BCUT2D eigenvalue weighted by molar-refractivity contribution is 0.668. The predicted molar refractivity (Wildman–Crippen MR) is 211 cm³/mol. The van der Waals surface area contributed by atoms with Crippen molar-refractivity contribution in [3.63, 3.8) is 0 Å². The summed E-state index contributed by atoms with van der Waals surface area (Å²) in [5, 5.41) is 8.67. The maximum Gasteiger partial charge on any atom is 0.167 e. The standard InChI is InChI=1S/C47H27N3O2/c1-3-12-30-24-32(22-20-28(30)10-1)34-26-39(43-37-15-6-8-19-41(37)51-42(43)27-34)47-49-45(33-23-21-29-11-2-4-13-31(29)25-33)48-46(50-47)38-17-9-16-36-35-14-5-7-18-40(35)52-44(36)38/h1-27H. The van der Waals surface area contributed by atoms with Crippen LogP contribution >= 0.6 is 0 Å². The van der Waals surface area contributed by atoms with Gasteiger partial charge < -0.3 is 8.83 Å². The number of hydrogen-bond acceptors (Lipinski definition) is 5. The van der Waals surface area contributed by atoms with Gasteiger partial charge in [-0.15, -0.1) is 0 Å². The number of hydrogen-bond donors (Lipinski definition) is 0. The molecule has 11 aromatic rings. The minimum absolute atomic E-state index is 0.537. The molecule has 5 nitrogen and oxygen atoms in total. The molecule has 0 spiro atoms. The molecule has 0 fully saturated rings. The molecule has 0 saturated heterocycles. The van der Waals surface area contributed by atoms with Crippen LogP contribution in [0.4, 0.5) is 0 Å². The smallest absolute Gasteiger partial charge is 0.167 e. The molecule has 8 aromatic carbocycles. The summed E-state index contributed by atoms with van der Waals surface area (Å²) >= 11 is 0. The number of rotatable bonds is 4. The second-order valence-electron chi connectivity index (χ2n) is 13.2. The Morgan fingerprint density at radius 2 is 0.904 bits per heavy atom. The summed E-state index contributed by atoms with van der Waals surface area (Å²) in [7, 11) is 0. The minimum Gasteiger partial charge on any atom is -0.456 e. The second-order valence-corrected chi connectivity index (χ2v) is 13.2. The van der Waals surface area contributed by atoms with Crippen molar-refractivity contribution in [2.45, 2.75) is 0 Å². The summed E-state index contributed by atoms with van der Waals surface area (Å²) in [6.45, 7) is 0. The van der Waals surface area contributed by atoms with Crippen LogP contribution in [0.15, 0.2) is 173 Å². The lowest BCUT2D eigenvalue weighted by Gasteiger charge is -2.12. The summed E-state index contributed by atoms with van der Waals surface area (Å²) in [5.41, 5.74) is 7.82. The highest BCUT2D eigenvalue weighted by molar-refractivity contribution is 6.13. The number of furan rings is 2. The molecule has 0 atom stereocenters. The second kappa shape index (κ2) is 11.2. The van der Waals surface area contributed by atoms with Gasteiger partial charge in [-0.05, 0) is 75.1 Å². The van der Waals surface area contributed by atoms with Gasteiger partial charge in [-0.25, -0.2) is 15.0 Å². The van der Waals surface area contributed by atoms with Crippen LogP contribution in [0.1, 0.15) is 0 Å². The van der Waals surface area contributed by atoms with Crippen molar-refractivity contribution in [2.24, 2.45) is 0 Å². The third kappa shape index (κ3) is 4.53. The molecule has 0 unspecified atom stereocenters. The molecule has 242 valence electrons. The normalized spacial score (nSPS) is 11.8. The molecular weight excluding hydrogens is 639 g/mol. The van der Waals surface area contributed by atoms with Gasteiger partial charge in [0, 0.05) is 32.7 Å². The van der Waals surface area contributed by atoms with Gasteiger partial charge >= 0.3 is 0 Å². The van der Waals surface area contributed by atoms with Gasteiger partial charge in [0.1, 0.15) is 22.3 Å². The van der Waals surface area contributed by atoms with E-state index < -0.39 is 0 Å². The van der Waals surface area contributed by atoms with E-state index in [0.717, 1.165) is 82.5 Å². The van der Waals surface area contributed by atoms with E-state index in [0.29, 0.717) is 17.5 Å². The molecule has 3 heterocycles. The quantitative estimate of drug-likeness (QED) is 0.187. The lowest BCUT2D eigenvalue weighted by Crippen LogP contribution is -2.01. The summed E-state index contributed by atoms with van der Waals surface area (Å²) < 4.78 is 13.0. The summed E-state index contributed by atoms with van der Waals surface area (Å²) in [6.07, 6.45) is 0. The average molecular weight is 666 g/mol. The highest BCUT2D eigenvalue weighted by Gasteiger charge is 2.22. The zero-order valence-corrected chi connectivity index (χ0v) is 27.7. The molecule has 3 aromatic heterocycles. The van der Waals surface area contributed by atoms with E-state index in [1.807, 2.05) is 48.5 Å². The Morgan fingerprint density at radius 1 is 0.327 bits per heavy atom. The molecule has 0 saturated carbocycles. The lowest BCUT2D eigenvalue weighted by atomic mass is 9.96. The highest BCUT2D eigenvalue weighted by Crippen LogP contribution is 2.41. The molecule has 0 bridgehead atoms. The number of benzene rings is 8. The van der Waals surface area contributed by atoms with Crippen molar-refractivity contribution >= 4 is 65.4 Å². The number of aromatic nitrogens is 3. The molecule has 0 aliphatic rings. The Morgan fingerprint density at radius 3 is 1.67 bits per heavy atom. The van der Waals surface area contributed by atoms with Crippen LogP contribution in [-0.2, 0) is 0 Å². The summed E-state index contributed by atoms with van der Waals surface area (Å²) in [5.74, 6) is 1.67. The largest absolute Gasteiger partial charge is 0.456 e. The van der Waals surface area contributed by atoms with Crippen molar-refractivity contribution in [1.29, 1.82) is 0 Å². The van der Waals surface area contributed by atoms with Crippen LogP contribution in [0.3, 0.4) is 0 Å². The average Bonchev–Trinajstić information content (AvgIpc) is 3.78. The van der Waals surface area contributed by atoms with Gasteiger partial charge in [0.2, 0.25) is 0 Å². The van der Waals surface area contributed by atoms with Crippen LogP contribution in [0, 0.1) is 0 Å². The van der Waals surface area contributed by atoms with E-state index >= 15 is 0 Å². The Labute approximate surface area is 297 Å². The summed E-state index contributed by atoms with van der Waals surface area (Å²) in [4.78, 5) is 15.7. The first-order chi connectivity index (χ1) is 25.7. The highest BCUT2D eigenvalue weighted by atomic mass is 16.3. The first-order valence-electron chi connectivity index (χ1n) is 17.3. The van der Waals surface area contributed by atoms with E-state index in [1.54, 1.807) is 0 Å². The van der Waals surface area contributed by atoms with Gasteiger partial charge in [-0.1, -0.05) is 121 Å². The third-order valence-corrected chi connectivity index (χ3v) is 10.1. The SMILES string of the molecule is c1ccc2cc(-c3cc(-c4nc(-c5ccc6ccccc6c5)nc(-c5cccc6c5oc5ccccc56)n4)c4c(c3)oc3ccccc34)ccc2c1. The number of fused-ring (bicyclic) bond motifs is 8. The Kier molecular flexibility index (Phi) is 6.18. The predicted octanol–water partition coefficient (Wildman–Crippen LogP) is 12.6. The molecular formula is C47H27N3O2. The Hall–Kier alpha value is -7.11. The monoisotopic (exact) mass is 665 g/mol. The zero-order chi connectivity index (χ0) is 34.2. The van der Waals surface area contributed by atoms with Gasteiger partial charge in [-0.3, -0.25) is 0 Å². The van der Waals surface area contributed by atoms with E-state index in [2.05, 4.69) is 115 Å². The first kappa shape index (κ1) is 28.7. The number of nitrogens with zero attached hydrogens (tertiary/aromatic N) is 3. The zero-order valence-electron chi connectivity index (χ0n) is 27.7. The van der Waals surface area contributed by atoms with Gasteiger partial charge in [0.25, 0.3) is 0 Å². The van der Waals surface area contributed by atoms with Crippen LogP contribution in [0.25, 0.3) is 111 Å². The molecule has 0 N–H and O–H groups in total. The Balaban J connectivity index is 1.21. The molecule has 0 aliphatic heterocycles. The molecule has 11 rings (SSSR count). The molecule has 5 heteroatoms. The van der Waals surface area contributed by atoms with Crippen LogP contribution in [-0.4, -0.2) is 15.0 Å². The maximum atomic E-state index is 6.55. The molecule has 0 amide bonds. The van der Waals surface area contributed by atoms with Crippen molar-refractivity contribution in [3.8, 4) is 45.3 Å². The maximum absolute atomic E-state index is 6.55. The van der Waals surface area contributed by atoms with E-state index in [1.165, 1.54) is 10.8 Å². The van der Waals surface area contributed by atoms with Gasteiger partial charge in [0.15, 0.2) is 17.5 Å². The van der Waals surface area contributed by atoms with Crippen LogP contribution in [0.5, 0.6) is 0 Å². The number of para-hydroxylation sites is 3. The van der Waals surface area contributed by atoms with Crippen molar-refractivity contribution in [3.05, 3.63) is 164 Å². The third-order valence-electron chi connectivity index (χ3n) is 10.1. The molecule has 0 aliphatic carbocycles.